The zero-order valence-corrected chi connectivity index (χ0v) is 25.2. The summed E-state index contributed by atoms with van der Waals surface area (Å²) in [5.41, 5.74) is 4.15. The van der Waals surface area contributed by atoms with Gasteiger partial charge in [-0.25, -0.2) is 24.7 Å². The Balaban J connectivity index is 0.000000499. The highest BCUT2D eigenvalue weighted by atomic mass is 19.4. The number of alkyl halides is 3. The van der Waals surface area contributed by atoms with Crippen LogP contribution in [0.1, 0.15) is 18.5 Å². The van der Waals surface area contributed by atoms with Crippen LogP contribution in [0.3, 0.4) is 0 Å². The largest absolute Gasteiger partial charge is 0.490 e. The molecule has 2 aliphatic heterocycles. The molecule has 12 nitrogen and oxygen atoms in total. The van der Waals surface area contributed by atoms with E-state index in [2.05, 4.69) is 27.3 Å². The number of para-hydroxylation sites is 1. The van der Waals surface area contributed by atoms with E-state index >= 15 is 0 Å². The van der Waals surface area contributed by atoms with E-state index in [4.69, 9.17) is 29.6 Å². The number of carbonyl (C=O) groups is 2. The predicted molar refractivity (Wildman–Crippen MR) is 168 cm³/mol. The number of hydrogen-bond donors (Lipinski definition) is 2. The number of nitrogens with zero attached hydrogens (tertiary/aromatic N) is 7. The molecule has 0 atom stereocenters. The van der Waals surface area contributed by atoms with E-state index in [0.29, 0.717) is 30.3 Å². The van der Waals surface area contributed by atoms with Crippen molar-refractivity contribution in [1.82, 2.24) is 29.7 Å². The van der Waals surface area contributed by atoms with E-state index in [1.807, 2.05) is 64.3 Å². The molecule has 1 aromatic carbocycles. The Hall–Kier alpha value is -5.31. The van der Waals surface area contributed by atoms with Gasteiger partial charge in [-0.15, -0.1) is 0 Å². The Labute approximate surface area is 266 Å². The molecular weight excluding hydrogens is 617 g/mol. The molecule has 2 aliphatic rings. The number of Topliss-reactive ketones (excluding diaryl/α,β-unsaturated/α-hetero) is 1. The molecule has 0 saturated carbocycles. The van der Waals surface area contributed by atoms with Gasteiger partial charge in [0.05, 0.1) is 29.6 Å². The average molecular weight is 649 g/mol. The Morgan fingerprint density at radius 2 is 1.74 bits per heavy atom. The van der Waals surface area contributed by atoms with Crippen LogP contribution < -0.4 is 19.9 Å². The SMILES string of the molecule is O=C(O)C(F)(F)F.O=C1CCCN(c2ncc(-c3ccc(N4CCNCC4)nc3)n3cc(COc4ccc5ccccc5n4)nc23)C1. The highest BCUT2D eigenvalue weighted by molar-refractivity contribution is 5.86. The van der Waals surface area contributed by atoms with E-state index in [9.17, 15) is 18.0 Å². The van der Waals surface area contributed by atoms with Gasteiger partial charge in [-0.1, -0.05) is 18.2 Å². The number of ether oxygens (including phenoxy) is 1. The number of ketones is 1. The summed E-state index contributed by atoms with van der Waals surface area (Å²) in [7, 11) is 0. The molecule has 0 amide bonds. The van der Waals surface area contributed by atoms with Crippen molar-refractivity contribution in [3.8, 4) is 17.1 Å². The molecule has 7 rings (SSSR count). The van der Waals surface area contributed by atoms with Crippen LogP contribution in [-0.4, -0.2) is 86.6 Å². The van der Waals surface area contributed by atoms with E-state index in [-0.39, 0.29) is 12.4 Å². The molecule has 0 bridgehead atoms. The van der Waals surface area contributed by atoms with Gasteiger partial charge in [-0.05, 0) is 30.7 Å². The maximum Gasteiger partial charge on any atom is 0.490 e. The Morgan fingerprint density at radius 1 is 0.957 bits per heavy atom. The van der Waals surface area contributed by atoms with Crippen molar-refractivity contribution < 1.29 is 32.6 Å². The zero-order valence-electron chi connectivity index (χ0n) is 25.2. The summed E-state index contributed by atoms with van der Waals surface area (Å²) in [6, 6.07) is 16.0. The quantitative estimate of drug-likeness (QED) is 0.275. The van der Waals surface area contributed by atoms with Gasteiger partial charge in [0.25, 0.3) is 0 Å². The van der Waals surface area contributed by atoms with E-state index in [0.717, 1.165) is 72.8 Å². The molecule has 15 heteroatoms. The van der Waals surface area contributed by atoms with Crippen molar-refractivity contribution in [1.29, 1.82) is 0 Å². The number of carboxylic acids is 1. The molecule has 0 radical (unpaired) electrons. The van der Waals surface area contributed by atoms with E-state index < -0.39 is 12.1 Å². The van der Waals surface area contributed by atoms with Crippen LogP contribution >= 0.6 is 0 Å². The lowest BCUT2D eigenvalue weighted by Crippen LogP contribution is -2.43. The lowest BCUT2D eigenvalue weighted by atomic mass is 10.1. The van der Waals surface area contributed by atoms with Crippen molar-refractivity contribution in [3.05, 3.63) is 72.8 Å². The van der Waals surface area contributed by atoms with Crippen molar-refractivity contribution in [2.24, 2.45) is 0 Å². The highest BCUT2D eigenvalue weighted by Crippen LogP contribution is 2.29. The molecule has 0 spiro atoms. The first-order chi connectivity index (χ1) is 22.7. The Kier molecular flexibility index (Phi) is 9.15. The lowest BCUT2D eigenvalue weighted by Gasteiger charge is -2.28. The molecule has 0 unspecified atom stereocenters. The zero-order chi connectivity index (χ0) is 33.0. The van der Waals surface area contributed by atoms with Crippen molar-refractivity contribution in [3.63, 3.8) is 0 Å². The maximum absolute atomic E-state index is 12.3. The molecule has 2 saturated heterocycles. The number of pyridine rings is 2. The first kappa shape index (κ1) is 31.7. The predicted octanol–water partition coefficient (Wildman–Crippen LogP) is 4.13. The standard InChI is InChI=1S/C30H30N8O2.C2HF3O2/c39-24-5-3-13-37(19-24)29-30-34-23(20-40-28-10-8-21-4-1-2-6-25(21)35-28)18-38(30)26(17-33-29)22-7-9-27(32-16-22)36-14-11-31-12-15-36;3-2(4,5)1(6)7/h1-2,4,6-10,16-18,31H,3,5,11-15,19-20H2;(H,6,7). The summed E-state index contributed by atoms with van der Waals surface area (Å²) in [4.78, 5) is 44.6. The number of anilines is 2. The Morgan fingerprint density at radius 3 is 2.47 bits per heavy atom. The third kappa shape index (κ3) is 7.41. The molecule has 47 heavy (non-hydrogen) atoms. The third-order valence-electron chi connectivity index (χ3n) is 7.74. The number of benzene rings is 1. The number of carboxylic acid groups (broad SMARTS) is 1. The first-order valence-corrected chi connectivity index (χ1v) is 15.0. The number of aromatic nitrogens is 5. The number of carbonyl (C=O) groups excluding carboxylic acids is 1. The normalized spacial score (nSPS) is 15.4. The van der Waals surface area contributed by atoms with Gasteiger partial charge < -0.3 is 25.0 Å². The van der Waals surface area contributed by atoms with Gasteiger partial charge in [-0.2, -0.15) is 13.2 Å². The molecule has 0 aliphatic carbocycles. The molecule has 5 aromatic rings. The van der Waals surface area contributed by atoms with Crippen LogP contribution in [0.15, 0.2) is 67.1 Å². The average Bonchev–Trinajstić information content (AvgIpc) is 3.51. The number of piperazine rings is 1. The summed E-state index contributed by atoms with van der Waals surface area (Å²) in [6.45, 7) is 5.19. The Bertz CT molecular complexity index is 1890. The second-order valence-electron chi connectivity index (χ2n) is 11.0. The molecular formula is C32H31F3N8O4. The first-order valence-electron chi connectivity index (χ1n) is 15.0. The van der Waals surface area contributed by atoms with Gasteiger partial charge >= 0.3 is 12.1 Å². The summed E-state index contributed by atoms with van der Waals surface area (Å²) in [5, 5.41) is 11.6. The van der Waals surface area contributed by atoms with Gasteiger partial charge in [0.1, 0.15) is 12.4 Å². The fraction of sp³-hybridized carbons (Fsp3) is 0.312. The molecule has 244 valence electrons. The molecule has 4 aromatic heterocycles. The van der Waals surface area contributed by atoms with Gasteiger partial charge in [0.15, 0.2) is 17.2 Å². The van der Waals surface area contributed by atoms with Gasteiger partial charge in [0, 0.05) is 68.6 Å². The summed E-state index contributed by atoms with van der Waals surface area (Å²) in [6.07, 6.45) is 2.07. The number of hydrogen-bond acceptors (Lipinski definition) is 10. The number of aliphatic carboxylic acids is 1. The van der Waals surface area contributed by atoms with E-state index in [1.165, 1.54) is 0 Å². The summed E-state index contributed by atoms with van der Waals surface area (Å²) < 4.78 is 39.8. The van der Waals surface area contributed by atoms with Crippen LogP contribution in [-0.2, 0) is 16.2 Å². The second-order valence-corrected chi connectivity index (χ2v) is 11.0. The van der Waals surface area contributed by atoms with Gasteiger partial charge in [-0.3, -0.25) is 9.20 Å². The van der Waals surface area contributed by atoms with Gasteiger partial charge in [0.2, 0.25) is 5.88 Å². The minimum Gasteiger partial charge on any atom is -0.475 e. The topological polar surface area (TPSA) is 138 Å². The van der Waals surface area contributed by atoms with Crippen LogP contribution in [0.25, 0.3) is 27.8 Å². The minimum atomic E-state index is -5.08. The summed E-state index contributed by atoms with van der Waals surface area (Å²) in [5.74, 6) is -0.311. The number of piperidine rings is 1. The lowest BCUT2D eigenvalue weighted by molar-refractivity contribution is -0.192. The number of rotatable bonds is 6. The number of halogens is 3. The monoisotopic (exact) mass is 648 g/mol. The van der Waals surface area contributed by atoms with Crippen molar-refractivity contribution in [2.45, 2.75) is 25.6 Å². The number of fused-ring (bicyclic) bond motifs is 2. The second kappa shape index (κ2) is 13.6. The molecule has 6 heterocycles. The number of nitrogens with one attached hydrogen (secondary N) is 1. The van der Waals surface area contributed by atoms with Crippen LogP contribution in [0.2, 0.25) is 0 Å². The molecule has 2 fully saturated rings. The highest BCUT2D eigenvalue weighted by Gasteiger charge is 2.38. The maximum atomic E-state index is 12.3. The minimum absolute atomic E-state index is 0.223. The van der Waals surface area contributed by atoms with E-state index in [1.54, 1.807) is 0 Å². The van der Waals surface area contributed by atoms with Crippen LogP contribution in [0.4, 0.5) is 24.8 Å². The number of imidazole rings is 1. The summed E-state index contributed by atoms with van der Waals surface area (Å²) >= 11 is 0. The smallest absolute Gasteiger partial charge is 0.475 e. The molecule has 2 N–H and O–H groups in total. The van der Waals surface area contributed by atoms with Crippen LogP contribution in [0, 0.1) is 0 Å². The fourth-order valence-corrected chi connectivity index (χ4v) is 5.43. The third-order valence-corrected chi connectivity index (χ3v) is 7.74. The van der Waals surface area contributed by atoms with Crippen molar-refractivity contribution in [2.75, 3.05) is 49.1 Å². The van der Waals surface area contributed by atoms with Crippen molar-refractivity contribution >= 4 is 39.9 Å². The fourth-order valence-electron chi connectivity index (χ4n) is 5.43. The van der Waals surface area contributed by atoms with Crippen LogP contribution in [0.5, 0.6) is 5.88 Å².